The normalized spacial score (nSPS) is 17.6. The Balaban J connectivity index is 2.27. The highest BCUT2D eigenvalue weighted by Gasteiger charge is 2.47. The van der Waals surface area contributed by atoms with Crippen LogP contribution < -0.4 is 16.8 Å². The van der Waals surface area contributed by atoms with Gasteiger partial charge in [-0.1, -0.05) is 6.07 Å². The van der Waals surface area contributed by atoms with E-state index in [0.29, 0.717) is 18.7 Å². The molecule has 0 aromatic heterocycles. The lowest BCUT2D eigenvalue weighted by Gasteiger charge is -2.38. The summed E-state index contributed by atoms with van der Waals surface area (Å²) in [4.78, 5) is 36.8. The van der Waals surface area contributed by atoms with Gasteiger partial charge in [0.2, 0.25) is 5.91 Å². The van der Waals surface area contributed by atoms with E-state index in [1.807, 2.05) is 0 Å². The van der Waals surface area contributed by atoms with Crippen molar-refractivity contribution in [3.63, 3.8) is 0 Å². The number of nitrogens with one attached hydrogen (secondary N) is 1. The maximum Gasteiger partial charge on any atom is 0.338 e. The Bertz CT molecular complexity index is 685. The highest BCUT2D eigenvalue weighted by molar-refractivity contribution is 5.91. The number of rotatable bonds is 5. The predicted molar refractivity (Wildman–Crippen MR) is 88.1 cm³/mol. The number of hydrogen-bond donors (Lipinski definition) is 5. The molecule has 1 atom stereocenters. The van der Waals surface area contributed by atoms with Crippen molar-refractivity contribution in [2.24, 2.45) is 11.5 Å². The van der Waals surface area contributed by atoms with Gasteiger partial charge < -0.3 is 27.0 Å². The van der Waals surface area contributed by atoms with Crippen LogP contribution in [0, 0.1) is 0 Å². The first-order valence-corrected chi connectivity index (χ1v) is 7.96. The quantitative estimate of drug-likeness (QED) is 0.397. The Labute approximate surface area is 144 Å². The number of imide groups is 1. The van der Waals surface area contributed by atoms with Gasteiger partial charge in [0, 0.05) is 24.7 Å². The molecule has 0 unspecified atom stereocenters. The van der Waals surface area contributed by atoms with Crippen LogP contribution >= 0.6 is 0 Å². The molecule has 0 radical (unpaired) electrons. The third-order valence-electron chi connectivity index (χ3n) is 4.39. The molecule has 136 valence electrons. The molecule has 1 heterocycles. The molecule has 25 heavy (non-hydrogen) atoms. The molecular formula is C16H23N4O5+. The van der Waals surface area contributed by atoms with Crippen molar-refractivity contribution >= 4 is 17.7 Å². The summed E-state index contributed by atoms with van der Waals surface area (Å²) in [5.41, 5.74) is 11.2. The SMILES string of the molecule is NC(=O)C[C@H](N)C(=O)[N+]1(C(=O)Cc2ccc(O)cc2O)CCNCC1. The molecule has 0 aliphatic carbocycles. The number of benzene rings is 1. The van der Waals surface area contributed by atoms with Crippen molar-refractivity contribution in [3.05, 3.63) is 23.8 Å². The number of amides is 3. The summed E-state index contributed by atoms with van der Waals surface area (Å²) < 4.78 is -0.498. The maximum atomic E-state index is 12.9. The van der Waals surface area contributed by atoms with Gasteiger partial charge in [-0.15, -0.1) is 0 Å². The lowest BCUT2D eigenvalue weighted by atomic mass is 10.0. The predicted octanol–water partition coefficient (Wildman–Crippen LogP) is -1.68. The van der Waals surface area contributed by atoms with E-state index in [9.17, 15) is 24.6 Å². The minimum absolute atomic E-state index is 0.126. The average molecular weight is 351 g/mol. The second-order valence-electron chi connectivity index (χ2n) is 6.16. The Morgan fingerprint density at radius 1 is 1.20 bits per heavy atom. The number of carbonyl (C=O) groups excluding carboxylic acids is 3. The van der Waals surface area contributed by atoms with Crippen LogP contribution in [0.15, 0.2) is 18.2 Å². The summed E-state index contributed by atoms with van der Waals surface area (Å²) in [6, 6.07) is 2.75. The molecule has 7 N–H and O–H groups in total. The van der Waals surface area contributed by atoms with Gasteiger partial charge in [-0.2, -0.15) is 4.48 Å². The van der Waals surface area contributed by atoms with E-state index in [1.54, 1.807) is 0 Å². The second kappa shape index (κ2) is 7.60. The number of piperazine rings is 1. The van der Waals surface area contributed by atoms with Crippen molar-refractivity contribution in [3.8, 4) is 11.5 Å². The molecule has 1 aliphatic rings. The molecule has 0 spiro atoms. The monoisotopic (exact) mass is 351 g/mol. The Hall–Kier alpha value is -2.49. The highest BCUT2D eigenvalue weighted by Crippen LogP contribution is 2.25. The van der Waals surface area contributed by atoms with Gasteiger partial charge in [0.25, 0.3) is 0 Å². The van der Waals surface area contributed by atoms with Gasteiger partial charge in [0.15, 0.2) is 0 Å². The summed E-state index contributed by atoms with van der Waals surface area (Å²) in [6.07, 6.45) is -0.523. The molecule has 1 aromatic rings. The highest BCUT2D eigenvalue weighted by atomic mass is 16.3. The Morgan fingerprint density at radius 2 is 1.84 bits per heavy atom. The number of primary amides is 1. The number of quaternary nitrogens is 1. The van der Waals surface area contributed by atoms with Gasteiger partial charge in [-0.3, -0.25) is 4.79 Å². The first kappa shape index (κ1) is 18.8. The molecule has 1 saturated heterocycles. The molecule has 1 aliphatic heterocycles. The van der Waals surface area contributed by atoms with Crippen LogP contribution in [0.5, 0.6) is 11.5 Å². The van der Waals surface area contributed by atoms with Crippen LogP contribution in [0.3, 0.4) is 0 Å². The van der Waals surface area contributed by atoms with Gasteiger partial charge in [-0.25, -0.2) is 9.59 Å². The van der Waals surface area contributed by atoms with Gasteiger partial charge in [-0.05, 0) is 6.07 Å². The minimum atomic E-state index is -1.16. The van der Waals surface area contributed by atoms with Crippen molar-refractivity contribution in [2.75, 3.05) is 26.2 Å². The topological polar surface area (TPSA) is 156 Å². The van der Waals surface area contributed by atoms with Crippen LogP contribution in [0.25, 0.3) is 0 Å². The van der Waals surface area contributed by atoms with E-state index >= 15 is 0 Å². The zero-order valence-electron chi connectivity index (χ0n) is 13.8. The van der Waals surface area contributed by atoms with E-state index in [2.05, 4.69) is 5.32 Å². The van der Waals surface area contributed by atoms with Crippen molar-refractivity contribution in [2.45, 2.75) is 18.9 Å². The van der Waals surface area contributed by atoms with E-state index in [1.165, 1.54) is 12.1 Å². The molecule has 3 amide bonds. The number of aromatic hydroxyl groups is 2. The van der Waals surface area contributed by atoms with Gasteiger partial charge in [0.1, 0.15) is 30.6 Å². The lowest BCUT2D eigenvalue weighted by Crippen LogP contribution is -2.68. The molecule has 0 saturated carbocycles. The molecular weight excluding hydrogens is 328 g/mol. The van der Waals surface area contributed by atoms with Crippen LogP contribution in [0.2, 0.25) is 0 Å². The molecule has 0 bridgehead atoms. The van der Waals surface area contributed by atoms with Crippen molar-refractivity contribution in [1.82, 2.24) is 5.32 Å². The van der Waals surface area contributed by atoms with Crippen molar-refractivity contribution in [1.29, 1.82) is 0 Å². The molecule has 2 rings (SSSR count). The van der Waals surface area contributed by atoms with Crippen LogP contribution in [-0.4, -0.2) is 64.6 Å². The summed E-state index contributed by atoms with van der Waals surface area (Å²) >= 11 is 0. The van der Waals surface area contributed by atoms with Crippen molar-refractivity contribution < 1.29 is 29.1 Å². The fraction of sp³-hybridized carbons (Fsp3) is 0.438. The summed E-state index contributed by atoms with van der Waals surface area (Å²) in [5, 5.41) is 22.3. The zero-order valence-corrected chi connectivity index (χ0v) is 13.8. The average Bonchev–Trinajstić information content (AvgIpc) is 2.56. The summed E-state index contributed by atoms with van der Waals surface area (Å²) in [7, 11) is 0. The zero-order chi connectivity index (χ0) is 18.6. The minimum Gasteiger partial charge on any atom is -0.508 e. The third-order valence-corrected chi connectivity index (χ3v) is 4.39. The summed E-state index contributed by atoms with van der Waals surface area (Å²) in [6.45, 7) is 1.32. The maximum absolute atomic E-state index is 12.9. The number of nitrogens with zero attached hydrogens (tertiary/aromatic N) is 1. The number of carbonyl (C=O) groups is 3. The fourth-order valence-corrected chi connectivity index (χ4v) is 3.01. The first-order chi connectivity index (χ1) is 11.8. The Kier molecular flexibility index (Phi) is 5.73. The number of nitrogens with two attached hydrogens (primary N) is 2. The summed E-state index contributed by atoms with van der Waals surface area (Å²) in [5.74, 6) is -2.04. The number of hydrogen-bond acceptors (Lipinski definition) is 7. The number of phenolic OH excluding ortho intramolecular Hbond substituents is 2. The van der Waals surface area contributed by atoms with Crippen LogP contribution in [0.1, 0.15) is 12.0 Å². The molecule has 9 nitrogen and oxygen atoms in total. The fourth-order valence-electron chi connectivity index (χ4n) is 3.01. The van der Waals surface area contributed by atoms with E-state index in [-0.39, 0.29) is 37.4 Å². The standard InChI is InChI=1S/C16H22N4O5/c17-12(9-14(18)23)16(25)20(5-3-19-4-6-20)15(24)7-10-1-2-11(21)8-13(10)22/h1-2,8,12,19H,3-7,9,17H2,(H3-,18,21,22,23)/p+1/t12-/m0/s1. The molecule has 9 heteroatoms. The lowest BCUT2D eigenvalue weighted by molar-refractivity contribution is -0.782. The smallest absolute Gasteiger partial charge is 0.338 e. The Morgan fingerprint density at radius 3 is 2.40 bits per heavy atom. The van der Waals surface area contributed by atoms with Crippen LogP contribution in [0.4, 0.5) is 0 Å². The third kappa shape index (κ3) is 4.13. The van der Waals surface area contributed by atoms with E-state index in [4.69, 9.17) is 11.5 Å². The molecule has 1 fully saturated rings. The molecule has 1 aromatic carbocycles. The van der Waals surface area contributed by atoms with Gasteiger partial charge in [0.05, 0.1) is 12.8 Å². The largest absolute Gasteiger partial charge is 0.508 e. The van der Waals surface area contributed by atoms with Crippen LogP contribution in [-0.2, 0) is 20.8 Å². The number of phenols is 2. The van der Waals surface area contributed by atoms with Gasteiger partial charge >= 0.3 is 11.8 Å². The second-order valence-corrected chi connectivity index (χ2v) is 6.16. The van der Waals surface area contributed by atoms with E-state index < -0.39 is 28.2 Å². The van der Waals surface area contributed by atoms with E-state index in [0.717, 1.165) is 6.07 Å². The first-order valence-electron chi connectivity index (χ1n) is 7.96.